The molecule has 1 aromatic heterocycles. The number of aromatic nitrogens is 1. The second-order valence-corrected chi connectivity index (χ2v) is 2.22. The van der Waals surface area contributed by atoms with Crippen molar-refractivity contribution in [2.75, 3.05) is 13.3 Å². The third-order valence-corrected chi connectivity index (χ3v) is 1.30. The van der Waals surface area contributed by atoms with Gasteiger partial charge in [-0.05, 0) is 6.07 Å². The van der Waals surface area contributed by atoms with Gasteiger partial charge in [0.2, 0.25) is 0 Å². The molecule has 1 heterocycles. The summed E-state index contributed by atoms with van der Waals surface area (Å²) in [5, 5.41) is 8.54. The van der Waals surface area contributed by atoms with Gasteiger partial charge in [-0.3, -0.25) is 0 Å². The van der Waals surface area contributed by atoms with Crippen LogP contribution in [0.1, 0.15) is 10.5 Å². The molecule has 0 fully saturated rings. The van der Waals surface area contributed by atoms with E-state index >= 15 is 0 Å². The van der Waals surface area contributed by atoms with E-state index in [1.54, 1.807) is 0 Å². The Morgan fingerprint density at radius 3 is 3.08 bits per heavy atom. The van der Waals surface area contributed by atoms with Crippen LogP contribution in [0.25, 0.3) is 0 Å². The Bertz CT molecular complexity index is 303. The van der Waals surface area contributed by atoms with Crippen LogP contribution >= 0.6 is 0 Å². The molecule has 0 aromatic carbocycles. The lowest BCUT2D eigenvalue weighted by Gasteiger charge is -2.02. The summed E-state index contributed by atoms with van der Waals surface area (Å²) in [4.78, 5) is 14.0. The maximum Gasteiger partial charge on any atom is 0.354 e. The quantitative estimate of drug-likeness (QED) is 0.763. The topological polar surface area (TPSA) is 59.4 Å². The van der Waals surface area contributed by atoms with E-state index < -0.39 is 12.6 Å². The fraction of sp³-hybridized carbons (Fsp3) is 0.250. The Morgan fingerprint density at radius 1 is 1.69 bits per heavy atom. The van der Waals surface area contributed by atoms with Crippen molar-refractivity contribution in [2.45, 2.75) is 0 Å². The van der Waals surface area contributed by atoms with Gasteiger partial charge in [-0.1, -0.05) is 0 Å². The van der Waals surface area contributed by atoms with Crippen LogP contribution in [0, 0.1) is 0 Å². The van der Waals surface area contributed by atoms with E-state index in [2.05, 4.69) is 4.98 Å². The molecule has 0 saturated heterocycles. The van der Waals surface area contributed by atoms with E-state index in [9.17, 15) is 9.18 Å². The minimum absolute atomic E-state index is 0.0803. The van der Waals surface area contributed by atoms with E-state index in [4.69, 9.17) is 9.84 Å². The first-order valence-corrected chi connectivity index (χ1v) is 3.62. The van der Waals surface area contributed by atoms with E-state index in [0.717, 1.165) is 0 Å². The van der Waals surface area contributed by atoms with Crippen molar-refractivity contribution in [1.82, 2.24) is 4.98 Å². The van der Waals surface area contributed by atoms with E-state index in [0.29, 0.717) is 5.75 Å². The maximum atomic E-state index is 11.7. The summed E-state index contributed by atoms with van der Waals surface area (Å²) in [6, 6.07) is 2.72. The minimum Gasteiger partial charge on any atom is -0.491 e. The highest BCUT2D eigenvalue weighted by Crippen LogP contribution is 2.10. The van der Waals surface area contributed by atoms with Crippen LogP contribution in [0.3, 0.4) is 0 Å². The van der Waals surface area contributed by atoms with Crippen molar-refractivity contribution >= 4 is 5.97 Å². The van der Waals surface area contributed by atoms with Crippen LogP contribution in [0.4, 0.5) is 4.39 Å². The van der Waals surface area contributed by atoms with Gasteiger partial charge in [0.05, 0.1) is 0 Å². The number of carbonyl (C=O) groups is 1. The van der Waals surface area contributed by atoms with Crippen molar-refractivity contribution in [2.24, 2.45) is 0 Å². The molecule has 0 radical (unpaired) electrons. The van der Waals surface area contributed by atoms with Crippen LogP contribution in [-0.4, -0.2) is 29.3 Å². The fourth-order valence-electron chi connectivity index (χ4n) is 0.774. The number of hydrogen-bond acceptors (Lipinski definition) is 3. The number of hydrogen-bond donors (Lipinski definition) is 1. The summed E-state index contributed by atoms with van der Waals surface area (Å²) in [5.41, 5.74) is -0.114. The first-order valence-electron chi connectivity index (χ1n) is 3.62. The predicted octanol–water partition coefficient (Wildman–Crippen LogP) is 1.13. The number of rotatable bonds is 4. The van der Waals surface area contributed by atoms with Gasteiger partial charge >= 0.3 is 5.97 Å². The summed E-state index contributed by atoms with van der Waals surface area (Å²) < 4.78 is 16.5. The first kappa shape index (κ1) is 9.44. The van der Waals surface area contributed by atoms with Crippen LogP contribution in [0.15, 0.2) is 18.3 Å². The van der Waals surface area contributed by atoms with Gasteiger partial charge in [0.1, 0.15) is 19.0 Å². The normalized spacial score (nSPS) is 9.62. The van der Waals surface area contributed by atoms with Gasteiger partial charge in [-0.15, -0.1) is 0 Å². The number of carboxylic acids is 1. The minimum atomic E-state index is -1.13. The number of carboxylic acid groups (broad SMARTS) is 1. The fourth-order valence-corrected chi connectivity index (χ4v) is 0.774. The van der Waals surface area contributed by atoms with Crippen LogP contribution in [0.5, 0.6) is 5.75 Å². The molecule has 5 heteroatoms. The van der Waals surface area contributed by atoms with Crippen LogP contribution in [-0.2, 0) is 0 Å². The zero-order chi connectivity index (χ0) is 9.68. The lowest BCUT2D eigenvalue weighted by Crippen LogP contribution is -2.03. The molecular weight excluding hydrogens is 177 g/mol. The predicted molar refractivity (Wildman–Crippen MR) is 42.7 cm³/mol. The van der Waals surface area contributed by atoms with Gasteiger partial charge < -0.3 is 9.84 Å². The average Bonchev–Trinajstić information content (AvgIpc) is 2.15. The second-order valence-electron chi connectivity index (χ2n) is 2.22. The third kappa shape index (κ3) is 2.70. The molecule has 1 N–H and O–H groups in total. The van der Waals surface area contributed by atoms with Crippen LogP contribution in [0.2, 0.25) is 0 Å². The molecule has 70 valence electrons. The monoisotopic (exact) mass is 185 g/mol. The summed E-state index contributed by atoms with van der Waals surface area (Å²) in [5.74, 6) is -0.823. The molecule has 13 heavy (non-hydrogen) atoms. The molecule has 0 saturated carbocycles. The zero-order valence-corrected chi connectivity index (χ0v) is 6.74. The van der Waals surface area contributed by atoms with Gasteiger partial charge in [0, 0.05) is 12.3 Å². The summed E-state index contributed by atoms with van der Waals surface area (Å²) in [7, 11) is 0. The Kier molecular flexibility index (Phi) is 3.19. The summed E-state index contributed by atoms with van der Waals surface area (Å²) in [6.07, 6.45) is 1.30. The largest absolute Gasteiger partial charge is 0.491 e. The number of nitrogens with zero attached hydrogens (tertiary/aromatic N) is 1. The Hall–Kier alpha value is -1.65. The van der Waals surface area contributed by atoms with Crippen molar-refractivity contribution in [3.8, 4) is 5.75 Å². The molecule has 0 atom stereocenters. The molecule has 0 aliphatic rings. The average molecular weight is 185 g/mol. The van der Waals surface area contributed by atoms with E-state index in [-0.39, 0.29) is 12.3 Å². The van der Waals surface area contributed by atoms with Crippen molar-refractivity contribution < 1.29 is 19.0 Å². The summed E-state index contributed by atoms with van der Waals surface area (Å²) >= 11 is 0. The number of aromatic carboxylic acids is 1. The molecule has 0 unspecified atom stereocenters. The molecule has 0 spiro atoms. The van der Waals surface area contributed by atoms with Crippen LogP contribution < -0.4 is 4.74 Å². The molecule has 0 aliphatic heterocycles. The van der Waals surface area contributed by atoms with E-state index in [1.165, 1.54) is 18.3 Å². The van der Waals surface area contributed by atoms with Crippen molar-refractivity contribution in [1.29, 1.82) is 0 Å². The number of ether oxygens (including phenoxy) is 1. The smallest absolute Gasteiger partial charge is 0.354 e. The van der Waals surface area contributed by atoms with Gasteiger partial charge in [-0.25, -0.2) is 14.2 Å². The van der Waals surface area contributed by atoms with Gasteiger partial charge in [-0.2, -0.15) is 0 Å². The van der Waals surface area contributed by atoms with Gasteiger partial charge in [0.25, 0.3) is 0 Å². The first-order chi connectivity index (χ1) is 6.24. The van der Waals surface area contributed by atoms with Crippen molar-refractivity contribution in [3.05, 3.63) is 24.0 Å². The Morgan fingerprint density at radius 2 is 2.46 bits per heavy atom. The SMILES string of the molecule is O=C(O)c1cc(OCCF)ccn1. The van der Waals surface area contributed by atoms with Crippen molar-refractivity contribution in [3.63, 3.8) is 0 Å². The molecule has 1 rings (SSSR count). The summed E-state index contributed by atoms with van der Waals surface area (Å²) in [6.45, 7) is -0.687. The molecule has 4 nitrogen and oxygen atoms in total. The van der Waals surface area contributed by atoms with E-state index in [1.807, 2.05) is 0 Å². The molecule has 0 amide bonds. The standard InChI is InChI=1S/C8H8FNO3/c9-2-4-13-6-1-3-10-7(5-6)8(11)12/h1,3,5H,2,4H2,(H,11,12). The highest BCUT2D eigenvalue weighted by Gasteiger charge is 2.04. The highest BCUT2D eigenvalue weighted by molar-refractivity contribution is 5.85. The molecule has 1 aromatic rings. The second kappa shape index (κ2) is 4.39. The third-order valence-electron chi connectivity index (χ3n) is 1.30. The Labute approximate surface area is 74.0 Å². The lowest BCUT2D eigenvalue weighted by molar-refractivity contribution is 0.0690. The number of alkyl halides is 1. The molecule has 0 bridgehead atoms. The maximum absolute atomic E-state index is 11.7. The number of pyridine rings is 1. The number of halogens is 1. The highest BCUT2D eigenvalue weighted by atomic mass is 19.1. The molecule has 0 aliphatic carbocycles. The Balaban J connectivity index is 2.73. The van der Waals surface area contributed by atoms with Gasteiger partial charge in [0.15, 0.2) is 5.69 Å². The molecular formula is C8H8FNO3. The zero-order valence-electron chi connectivity index (χ0n) is 6.74. The lowest BCUT2D eigenvalue weighted by atomic mass is 10.3.